The molecular weight excluding hydrogens is 516 g/mol. The lowest BCUT2D eigenvalue weighted by Crippen LogP contribution is -2.49. The zero-order valence-electron chi connectivity index (χ0n) is 18.6. The molecule has 2 aromatic carbocycles. The smallest absolute Gasteiger partial charge is 0.248 e. The topological polar surface area (TPSA) is 66.5 Å². The lowest BCUT2D eigenvalue weighted by molar-refractivity contribution is -0.146. The van der Waals surface area contributed by atoms with Crippen LogP contribution in [0.2, 0.25) is 5.02 Å². The Bertz CT molecular complexity index is 1210. The number of rotatable bonds is 5. The fourth-order valence-electron chi connectivity index (χ4n) is 6.43. The molecular formula is C27H24BrClN2O3. The Morgan fingerprint density at radius 2 is 1.68 bits per heavy atom. The Hall–Kier alpha value is -2.44. The van der Waals surface area contributed by atoms with Gasteiger partial charge in [-0.25, -0.2) is 0 Å². The van der Waals surface area contributed by atoms with E-state index in [2.05, 4.69) is 33.4 Å². The molecule has 4 aliphatic carbocycles. The molecule has 7 atom stereocenters. The first kappa shape index (κ1) is 22.1. The minimum atomic E-state index is -0.925. The normalized spacial score (nSPS) is 31.3. The molecule has 2 aromatic rings. The second-order valence-electron chi connectivity index (χ2n) is 9.93. The zero-order valence-corrected chi connectivity index (χ0v) is 20.9. The third kappa shape index (κ3) is 3.29. The van der Waals surface area contributed by atoms with Crippen molar-refractivity contribution in [2.75, 3.05) is 5.32 Å². The summed E-state index contributed by atoms with van der Waals surface area (Å²) in [6.07, 6.45) is 5.66. The molecule has 0 radical (unpaired) electrons. The van der Waals surface area contributed by atoms with Gasteiger partial charge in [0, 0.05) is 16.6 Å². The third-order valence-electron chi connectivity index (χ3n) is 8.18. The number of imide groups is 1. The maximum atomic E-state index is 13.7. The van der Waals surface area contributed by atoms with Gasteiger partial charge < -0.3 is 5.32 Å². The van der Waals surface area contributed by atoms with Crippen molar-refractivity contribution in [2.24, 2.45) is 35.5 Å². The van der Waals surface area contributed by atoms with Gasteiger partial charge in [0.2, 0.25) is 17.7 Å². The van der Waals surface area contributed by atoms with Crippen molar-refractivity contribution >= 4 is 50.9 Å². The molecule has 0 spiro atoms. The summed E-state index contributed by atoms with van der Waals surface area (Å²) in [6.45, 7) is 1.82. The van der Waals surface area contributed by atoms with Crippen LogP contribution in [-0.4, -0.2) is 28.7 Å². The molecule has 7 heteroatoms. The van der Waals surface area contributed by atoms with E-state index in [4.69, 9.17) is 11.6 Å². The molecule has 2 saturated carbocycles. The zero-order chi connectivity index (χ0) is 23.7. The number of nitrogens with one attached hydrogen (secondary N) is 1. The Balaban J connectivity index is 1.34. The summed E-state index contributed by atoms with van der Waals surface area (Å²) in [4.78, 5) is 42.4. The summed E-state index contributed by atoms with van der Waals surface area (Å²) in [7, 11) is 0. The average molecular weight is 540 g/mol. The molecule has 7 rings (SSSR count). The predicted octanol–water partition coefficient (Wildman–Crippen LogP) is 5.01. The van der Waals surface area contributed by atoms with E-state index in [1.165, 1.54) is 4.90 Å². The first-order valence-electron chi connectivity index (χ1n) is 11.7. The van der Waals surface area contributed by atoms with Crippen LogP contribution in [-0.2, 0) is 20.8 Å². The molecule has 3 fully saturated rings. The van der Waals surface area contributed by atoms with Crippen molar-refractivity contribution in [2.45, 2.75) is 25.8 Å². The van der Waals surface area contributed by atoms with Crippen LogP contribution in [0.3, 0.4) is 0 Å². The highest BCUT2D eigenvalue weighted by atomic mass is 79.9. The average Bonchev–Trinajstić information content (AvgIpc) is 3.62. The summed E-state index contributed by atoms with van der Waals surface area (Å²) in [5.41, 5.74) is 2.18. The number of amides is 3. The van der Waals surface area contributed by atoms with E-state index < -0.39 is 6.04 Å². The second-order valence-corrected chi connectivity index (χ2v) is 11.2. The Labute approximate surface area is 211 Å². The fourth-order valence-corrected chi connectivity index (χ4v) is 7.02. The number of likely N-dealkylation sites (tertiary alicyclic amines) is 1. The molecule has 1 aliphatic heterocycles. The number of benzene rings is 2. The van der Waals surface area contributed by atoms with Crippen molar-refractivity contribution in [3.63, 3.8) is 0 Å². The van der Waals surface area contributed by atoms with E-state index in [0.717, 1.165) is 22.0 Å². The monoisotopic (exact) mass is 538 g/mol. The van der Waals surface area contributed by atoms with Crippen LogP contribution in [0.4, 0.5) is 5.69 Å². The van der Waals surface area contributed by atoms with Crippen molar-refractivity contribution in [1.29, 1.82) is 0 Å². The molecule has 5 aliphatic rings. The third-order valence-corrected chi connectivity index (χ3v) is 9.56. The number of allylic oxidation sites excluding steroid dienone is 2. The minimum absolute atomic E-state index is 0.120. The molecule has 3 amide bonds. The summed E-state index contributed by atoms with van der Waals surface area (Å²) in [5.74, 6) is -0.158. The summed E-state index contributed by atoms with van der Waals surface area (Å²) >= 11 is 9.77. The fraction of sp³-hybridized carbons (Fsp3) is 0.370. The minimum Gasteiger partial charge on any atom is -0.324 e. The summed E-state index contributed by atoms with van der Waals surface area (Å²) < 4.78 is 0.737. The SMILES string of the molecule is Cc1c(NC(=O)[C@@H](Cc2ccccc2)N2C(=O)[C@@H]3[C@@H]4C=C[C@H]([C@H]5C[C@H]45)[C@@H]3C2=O)ccc(Br)c1Cl. The van der Waals surface area contributed by atoms with E-state index in [-0.39, 0.29) is 47.8 Å². The van der Waals surface area contributed by atoms with E-state index in [0.29, 0.717) is 22.5 Å². The number of hydrogen-bond acceptors (Lipinski definition) is 3. The van der Waals surface area contributed by atoms with Crippen LogP contribution in [0, 0.1) is 42.4 Å². The highest BCUT2D eigenvalue weighted by molar-refractivity contribution is 9.10. The number of hydrogen-bond donors (Lipinski definition) is 1. The molecule has 5 nitrogen and oxygen atoms in total. The van der Waals surface area contributed by atoms with Gasteiger partial charge >= 0.3 is 0 Å². The maximum absolute atomic E-state index is 13.7. The number of carbonyl (C=O) groups excluding carboxylic acids is 3. The van der Waals surface area contributed by atoms with Gasteiger partial charge in [-0.3, -0.25) is 19.3 Å². The van der Waals surface area contributed by atoms with Gasteiger partial charge in [0.15, 0.2) is 0 Å². The number of halogens is 2. The Morgan fingerprint density at radius 1 is 1.06 bits per heavy atom. The van der Waals surface area contributed by atoms with Gasteiger partial charge in [-0.2, -0.15) is 0 Å². The standard InChI is InChI=1S/C27H24BrClN2O3/c1-13-20(10-9-19(28)24(13)29)30-25(32)21(11-14-5-3-2-4-6-14)31-26(33)22-15-7-8-16(18-12-17(15)18)23(22)27(31)34/h2-10,15-18,21-23H,11-12H2,1H3,(H,30,32)/t15-,16-,17-,18-,21-,22-,23+/m1/s1. The number of anilines is 1. The Morgan fingerprint density at radius 3 is 2.29 bits per heavy atom. The first-order chi connectivity index (χ1) is 16.4. The van der Waals surface area contributed by atoms with Crippen LogP contribution >= 0.6 is 27.5 Å². The molecule has 1 saturated heterocycles. The van der Waals surface area contributed by atoms with Crippen molar-refractivity contribution in [3.05, 3.63) is 75.2 Å². The maximum Gasteiger partial charge on any atom is 0.248 e. The van der Waals surface area contributed by atoms with E-state index in [9.17, 15) is 14.4 Å². The largest absolute Gasteiger partial charge is 0.324 e. The van der Waals surface area contributed by atoms with Crippen LogP contribution in [0.5, 0.6) is 0 Å². The molecule has 0 unspecified atom stereocenters. The second kappa shape index (κ2) is 8.06. The van der Waals surface area contributed by atoms with Crippen LogP contribution in [0.25, 0.3) is 0 Å². The molecule has 174 valence electrons. The molecule has 1 heterocycles. The van der Waals surface area contributed by atoms with E-state index in [1.807, 2.05) is 37.3 Å². The Kier molecular flexibility index (Phi) is 5.23. The van der Waals surface area contributed by atoms with Gasteiger partial charge in [-0.15, -0.1) is 0 Å². The molecule has 34 heavy (non-hydrogen) atoms. The van der Waals surface area contributed by atoms with E-state index in [1.54, 1.807) is 12.1 Å². The molecule has 0 aromatic heterocycles. The molecule has 1 N–H and O–H groups in total. The van der Waals surface area contributed by atoms with Crippen molar-refractivity contribution in [1.82, 2.24) is 4.90 Å². The first-order valence-corrected chi connectivity index (χ1v) is 12.9. The van der Waals surface area contributed by atoms with Crippen LogP contribution in [0.1, 0.15) is 17.5 Å². The highest BCUT2D eigenvalue weighted by Gasteiger charge is 2.67. The van der Waals surface area contributed by atoms with Crippen molar-refractivity contribution in [3.8, 4) is 0 Å². The molecule has 2 bridgehead atoms. The van der Waals surface area contributed by atoms with Gasteiger partial charge in [-0.1, -0.05) is 54.1 Å². The van der Waals surface area contributed by atoms with Crippen LogP contribution in [0.15, 0.2) is 59.1 Å². The lowest BCUT2D eigenvalue weighted by atomic mass is 9.63. The van der Waals surface area contributed by atoms with Gasteiger partial charge in [0.1, 0.15) is 6.04 Å². The highest BCUT2D eigenvalue weighted by Crippen LogP contribution is 2.65. The lowest BCUT2D eigenvalue weighted by Gasteiger charge is -2.37. The quantitative estimate of drug-likeness (QED) is 0.429. The van der Waals surface area contributed by atoms with Gasteiger partial charge in [-0.05, 0) is 76.2 Å². The van der Waals surface area contributed by atoms with Gasteiger partial charge in [0.05, 0.1) is 16.9 Å². The number of carbonyl (C=O) groups is 3. The van der Waals surface area contributed by atoms with Crippen LogP contribution < -0.4 is 5.32 Å². The van der Waals surface area contributed by atoms with Crippen molar-refractivity contribution < 1.29 is 14.4 Å². The van der Waals surface area contributed by atoms with E-state index >= 15 is 0 Å². The summed E-state index contributed by atoms with van der Waals surface area (Å²) in [6, 6.07) is 12.2. The summed E-state index contributed by atoms with van der Waals surface area (Å²) in [5, 5.41) is 3.46. The van der Waals surface area contributed by atoms with Gasteiger partial charge in [0.25, 0.3) is 0 Å². The predicted molar refractivity (Wildman–Crippen MR) is 133 cm³/mol. The number of nitrogens with zero attached hydrogens (tertiary/aromatic N) is 1.